The molecule has 4 heterocycles. The number of fused-ring (bicyclic) bond motifs is 10. The van der Waals surface area contributed by atoms with Crippen LogP contribution in [0.1, 0.15) is 52.7 Å². The Morgan fingerprint density at radius 1 is 0.397 bits per heavy atom. The van der Waals surface area contributed by atoms with Crippen LogP contribution < -0.4 is 31.1 Å². The molecule has 2 aliphatic heterocycles. The molecule has 0 saturated carbocycles. The number of anilines is 9. The molecule has 0 spiro atoms. The summed E-state index contributed by atoms with van der Waals surface area (Å²) in [6.45, 7) is 13.6. The highest BCUT2D eigenvalue weighted by atomic mass is 16.3. The fourth-order valence-corrected chi connectivity index (χ4v) is 11.0. The quantitative estimate of drug-likeness (QED) is 0.161. The summed E-state index contributed by atoms with van der Waals surface area (Å²) in [5, 5.41) is 4.44. The molecule has 0 fully saturated rings. The van der Waals surface area contributed by atoms with E-state index in [0.717, 1.165) is 95.1 Å². The second-order valence-corrected chi connectivity index (χ2v) is 20.6. The molecule has 0 aliphatic carbocycles. The van der Waals surface area contributed by atoms with Crippen LogP contribution in [0.5, 0.6) is 0 Å². The fourth-order valence-electron chi connectivity index (χ4n) is 11.0. The third-order valence-electron chi connectivity index (χ3n) is 14.4. The van der Waals surface area contributed by atoms with Crippen LogP contribution in [0.3, 0.4) is 0 Å². The fraction of sp³-hybridized carbons (Fsp3) is 0.129. The van der Waals surface area contributed by atoms with Gasteiger partial charge >= 0.3 is 0 Å². The van der Waals surface area contributed by atoms with Gasteiger partial charge in [0.2, 0.25) is 0 Å². The number of hydrogen-bond acceptors (Lipinski definition) is 5. The Hall–Kier alpha value is -7.96. The van der Waals surface area contributed by atoms with Crippen molar-refractivity contribution in [2.75, 3.05) is 14.7 Å². The molecule has 2 aliphatic rings. The Balaban J connectivity index is 1.09. The van der Waals surface area contributed by atoms with E-state index < -0.39 is 0 Å². The van der Waals surface area contributed by atoms with E-state index in [4.69, 9.17) is 8.83 Å². The van der Waals surface area contributed by atoms with Crippen LogP contribution in [-0.4, -0.2) is 6.71 Å². The standard InChI is InChI=1S/C62H50BN3O2/c1-61(2,3)39-26-30-42(31-27-39)65-51-21-15-22-52-59(51)63(50-37-48-46-19-11-12-24-56(46)67-58(48)38-55(50)66(52)43-32-28-40(29-33-43)62(4,5)6)49-35-34-44(36-54(49)65)64(41-16-8-7-9-17-41)53-23-14-20-47-45-18-10-13-25-57(45)68-60(47)53/h7-38H,1-6H3. The van der Waals surface area contributed by atoms with Crippen molar-refractivity contribution in [2.45, 2.75) is 52.4 Å². The average molecular weight is 880 g/mol. The van der Waals surface area contributed by atoms with Gasteiger partial charge in [0.05, 0.1) is 5.69 Å². The summed E-state index contributed by atoms with van der Waals surface area (Å²) in [7, 11) is 0. The first-order valence-corrected chi connectivity index (χ1v) is 23.8. The maximum Gasteiger partial charge on any atom is 0.252 e. The van der Waals surface area contributed by atoms with Gasteiger partial charge in [0.15, 0.2) is 5.58 Å². The second-order valence-electron chi connectivity index (χ2n) is 20.6. The number of hydrogen-bond donors (Lipinski definition) is 0. The third kappa shape index (κ3) is 6.16. The highest BCUT2D eigenvalue weighted by Gasteiger charge is 2.44. The molecule has 0 bridgehead atoms. The van der Waals surface area contributed by atoms with Crippen molar-refractivity contribution >= 4 is 118 Å². The molecule has 2 aromatic heterocycles. The van der Waals surface area contributed by atoms with Crippen molar-refractivity contribution in [1.82, 2.24) is 0 Å². The van der Waals surface area contributed by atoms with Crippen molar-refractivity contribution in [3.05, 3.63) is 205 Å². The lowest BCUT2D eigenvalue weighted by atomic mass is 9.33. The minimum atomic E-state index is -0.0857. The van der Waals surface area contributed by atoms with Crippen molar-refractivity contribution in [3.63, 3.8) is 0 Å². The third-order valence-corrected chi connectivity index (χ3v) is 14.4. The Kier molecular flexibility index (Phi) is 8.76. The van der Waals surface area contributed by atoms with Crippen LogP contribution in [0.15, 0.2) is 203 Å². The van der Waals surface area contributed by atoms with Crippen LogP contribution >= 0.6 is 0 Å². The molecule has 0 saturated heterocycles. The predicted molar refractivity (Wildman–Crippen MR) is 287 cm³/mol. The number of nitrogens with zero attached hydrogens (tertiary/aromatic N) is 3. The topological polar surface area (TPSA) is 36.0 Å². The van der Waals surface area contributed by atoms with Gasteiger partial charge in [-0.3, -0.25) is 0 Å². The molecule has 0 N–H and O–H groups in total. The molecule has 0 amide bonds. The summed E-state index contributed by atoms with van der Waals surface area (Å²) in [5.74, 6) is 0. The number of para-hydroxylation sites is 4. The van der Waals surface area contributed by atoms with Gasteiger partial charge in [-0.15, -0.1) is 0 Å². The van der Waals surface area contributed by atoms with Crippen LogP contribution in [-0.2, 0) is 10.8 Å². The first kappa shape index (κ1) is 40.3. The van der Waals surface area contributed by atoms with Gasteiger partial charge in [-0.2, -0.15) is 0 Å². The molecule has 328 valence electrons. The van der Waals surface area contributed by atoms with Crippen LogP contribution in [0.4, 0.5) is 51.2 Å². The minimum Gasteiger partial charge on any atom is -0.456 e. The molecule has 5 nitrogen and oxygen atoms in total. The lowest BCUT2D eigenvalue weighted by molar-refractivity contribution is 0.590. The van der Waals surface area contributed by atoms with Gasteiger partial charge in [0.1, 0.15) is 16.7 Å². The van der Waals surface area contributed by atoms with Crippen molar-refractivity contribution in [3.8, 4) is 0 Å². The SMILES string of the molecule is CC(C)(C)c1ccc(N2c3cc(N(c4ccccc4)c4cccc5c4oc4ccccc45)ccc3B3c4cc5c(cc4N(c4ccc(C(C)(C)C)cc4)c4cccc2c43)oc2ccccc25)cc1. The van der Waals surface area contributed by atoms with Gasteiger partial charge in [0.25, 0.3) is 6.71 Å². The molecule has 0 atom stereocenters. The lowest BCUT2D eigenvalue weighted by Crippen LogP contribution is -2.61. The summed E-state index contributed by atoms with van der Waals surface area (Å²) >= 11 is 0. The zero-order valence-electron chi connectivity index (χ0n) is 39.2. The highest BCUT2D eigenvalue weighted by molar-refractivity contribution is 7.00. The minimum absolute atomic E-state index is 0.00567. The van der Waals surface area contributed by atoms with E-state index in [9.17, 15) is 0 Å². The molecule has 0 unspecified atom stereocenters. The largest absolute Gasteiger partial charge is 0.456 e. The molecular formula is C62H50BN3O2. The normalized spacial score (nSPS) is 13.4. The number of furan rings is 2. The first-order chi connectivity index (χ1) is 33.0. The smallest absolute Gasteiger partial charge is 0.252 e. The van der Waals surface area contributed by atoms with E-state index in [0.29, 0.717) is 0 Å². The van der Waals surface area contributed by atoms with E-state index in [1.54, 1.807) is 0 Å². The Morgan fingerprint density at radius 3 is 1.57 bits per heavy atom. The van der Waals surface area contributed by atoms with E-state index >= 15 is 0 Å². The molecule has 6 heteroatoms. The van der Waals surface area contributed by atoms with Gasteiger partial charge in [-0.25, -0.2) is 0 Å². The molecule has 0 radical (unpaired) electrons. The van der Waals surface area contributed by atoms with Crippen molar-refractivity contribution in [1.29, 1.82) is 0 Å². The van der Waals surface area contributed by atoms with Crippen molar-refractivity contribution < 1.29 is 8.83 Å². The molecule has 13 rings (SSSR count). The Morgan fingerprint density at radius 2 is 0.941 bits per heavy atom. The predicted octanol–water partition coefficient (Wildman–Crippen LogP) is 15.6. The maximum absolute atomic E-state index is 6.75. The van der Waals surface area contributed by atoms with Crippen molar-refractivity contribution in [2.24, 2.45) is 0 Å². The zero-order chi connectivity index (χ0) is 46.1. The maximum atomic E-state index is 6.75. The molecule has 68 heavy (non-hydrogen) atoms. The molecule has 11 aromatic rings. The Labute approximate surface area is 397 Å². The summed E-state index contributed by atoms with van der Waals surface area (Å²) in [6.07, 6.45) is 0. The summed E-state index contributed by atoms with van der Waals surface area (Å²) in [6, 6.07) is 71.0. The van der Waals surface area contributed by atoms with Crippen LogP contribution in [0, 0.1) is 0 Å². The first-order valence-electron chi connectivity index (χ1n) is 23.8. The van der Waals surface area contributed by atoms with Gasteiger partial charge in [0, 0.05) is 73.1 Å². The summed E-state index contributed by atoms with van der Waals surface area (Å²) < 4.78 is 13.4. The van der Waals surface area contributed by atoms with E-state index in [-0.39, 0.29) is 17.5 Å². The molecule has 9 aromatic carbocycles. The van der Waals surface area contributed by atoms with Gasteiger partial charge in [-0.05, 0) is 117 Å². The monoisotopic (exact) mass is 879 g/mol. The van der Waals surface area contributed by atoms with Crippen LogP contribution in [0.2, 0.25) is 0 Å². The summed E-state index contributed by atoms with van der Waals surface area (Å²) in [4.78, 5) is 7.33. The highest BCUT2D eigenvalue weighted by Crippen LogP contribution is 2.48. The van der Waals surface area contributed by atoms with E-state index in [2.05, 4.69) is 244 Å². The number of benzene rings is 9. The van der Waals surface area contributed by atoms with Crippen LogP contribution in [0.25, 0.3) is 43.9 Å². The lowest BCUT2D eigenvalue weighted by Gasteiger charge is -2.44. The number of rotatable bonds is 5. The zero-order valence-corrected chi connectivity index (χ0v) is 39.2. The van der Waals surface area contributed by atoms with Gasteiger partial charge in [-0.1, -0.05) is 151 Å². The Bertz CT molecular complexity index is 3780. The van der Waals surface area contributed by atoms with E-state index in [1.165, 1.54) is 27.5 Å². The second kappa shape index (κ2) is 14.8. The average Bonchev–Trinajstić information content (AvgIpc) is 3.92. The molecular weight excluding hydrogens is 830 g/mol. The summed E-state index contributed by atoms with van der Waals surface area (Å²) in [5.41, 5.74) is 19.7. The van der Waals surface area contributed by atoms with E-state index in [1.807, 2.05) is 6.07 Å². The van der Waals surface area contributed by atoms with Gasteiger partial charge < -0.3 is 23.5 Å².